The van der Waals surface area contributed by atoms with E-state index >= 15 is 0 Å². The van der Waals surface area contributed by atoms with Crippen LogP contribution in [0.1, 0.15) is 84.4 Å². The van der Waals surface area contributed by atoms with Crippen LogP contribution < -0.4 is 0 Å². The summed E-state index contributed by atoms with van der Waals surface area (Å²) >= 11 is 0. The van der Waals surface area contributed by atoms with Crippen molar-refractivity contribution in [2.45, 2.75) is 73.9 Å². The fraction of sp³-hybridized carbons (Fsp3) is 0.250. The third kappa shape index (κ3) is 7.47. The van der Waals surface area contributed by atoms with Gasteiger partial charge in [0, 0.05) is 58.3 Å². The van der Waals surface area contributed by atoms with E-state index in [0.29, 0.717) is 27.5 Å². The summed E-state index contributed by atoms with van der Waals surface area (Å²) < 4.78 is 95.4. The fourth-order valence-corrected chi connectivity index (χ4v) is 6.24. The van der Waals surface area contributed by atoms with Crippen molar-refractivity contribution in [1.29, 1.82) is 0 Å². The number of aromatic nitrogens is 2. The summed E-state index contributed by atoms with van der Waals surface area (Å²) in [6.45, 7) is 4.40. The molecule has 0 unspecified atom stereocenters. The summed E-state index contributed by atoms with van der Waals surface area (Å²) in [5, 5.41) is 4.77. The van der Waals surface area contributed by atoms with Gasteiger partial charge in [0.25, 0.3) is 0 Å². The van der Waals surface area contributed by atoms with Crippen molar-refractivity contribution in [2.75, 3.05) is 0 Å². The second-order valence-electron chi connectivity index (χ2n) is 14.9. The van der Waals surface area contributed by atoms with Crippen LogP contribution in [-0.2, 0) is 31.9 Å². The second-order valence-corrected chi connectivity index (χ2v) is 14.9. The summed E-state index contributed by atoms with van der Waals surface area (Å²) in [7, 11) is 0. The molecule has 0 amide bonds. The summed E-state index contributed by atoms with van der Waals surface area (Å²) in [6.07, 6.45) is 1.01. The number of nitrogens with zero attached hydrogens (tertiary/aromatic N) is 2. The number of aryl methyl sites for hydroxylation is 3. The number of pyridine rings is 2. The van der Waals surface area contributed by atoms with Gasteiger partial charge in [-0.05, 0) is 62.7 Å². The van der Waals surface area contributed by atoms with Crippen LogP contribution in [-0.4, -0.2) is 9.97 Å². The maximum absolute atomic E-state index is 8.91. The summed E-state index contributed by atoms with van der Waals surface area (Å²) in [5.74, 6) is 0. The average molecular weight is 870 g/mol. The van der Waals surface area contributed by atoms with Gasteiger partial charge in [-0.25, -0.2) is 0 Å². The predicted molar refractivity (Wildman–Crippen MR) is 215 cm³/mol. The number of fused-ring (bicyclic) bond motifs is 7. The molecule has 4 heteroatoms. The summed E-state index contributed by atoms with van der Waals surface area (Å²) in [5.41, 5.74) is 3.43. The normalized spacial score (nSPS) is 16.0. The van der Waals surface area contributed by atoms with Crippen LogP contribution in [0.3, 0.4) is 0 Å². The molecule has 0 fully saturated rings. The number of rotatable bonds is 3. The molecule has 3 heterocycles. The maximum Gasteiger partial charge on any atom is 0.129 e. The number of furan rings is 1. The minimum absolute atomic E-state index is 0. The summed E-state index contributed by atoms with van der Waals surface area (Å²) in [4.78, 5) is 8.87. The average Bonchev–Trinajstić information content (AvgIpc) is 3.58. The number of hydrogen-bond acceptors (Lipinski definition) is 3. The molecule has 3 nitrogen and oxygen atoms in total. The molecule has 0 atom stereocenters. The van der Waals surface area contributed by atoms with Crippen LogP contribution in [0.2, 0.25) is 0 Å². The molecule has 52 heavy (non-hydrogen) atoms. The van der Waals surface area contributed by atoms with Gasteiger partial charge >= 0.3 is 0 Å². The Labute approximate surface area is 337 Å². The van der Waals surface area contributed by atoms with Gasteiger partial charge in [-0.2, -0.15) is 0 Å². The van der Waals surface area contributed by atoms with Crippen molar-refractivity contribution >= 4 is 43.5 Å². The third-order valence-electron chi connectivity index (χ3n) is 8.81. The van der Waals surface area contributed by atoms with E-state index in [0.717, 1.165) is 32.8 Å². The Morgan fingerprint density at radius 1 is 0.692 bits per heavy atom. The Bertz CT molecular complexity index is 2900. The molecule has 0 aliphatic heterocycles. The molecule has 0 aliphatic carbocycles. The van der Waals surface area contributed by atoms with Crippen molar-refractivity contribution in [1.82, 2.24) is 9.97 Å². The van der Waals surface area contributed by atoms with E-state index in [9.17, 15) is 0 Å². The summed E-state index contributed by atoms with van der Waals surface area (Å²) in [6, 6.07) is 33.5. The fourth-order valence-electron chi connectivity index (χ4n) is 6.24. The van der Waals surface area contributed by atoms with E-state index < -0.39 is 32.3 Å². The Balaban J connectivity index is 0.000000265. The molecule has 8 rings (SSSR count). The first-order valence-corrected chi connectivity index (χ1v) is 16.9. The van der Waals surface area contributed by atoms with Crippen molar-refractivity contribution in [3.8, 4) is 22.5 Å². The monoisotopic (exact) mass is 870 g/mol. The van der Waals surface area contributed by atoms with Crippen LogP contribution in [0.5, 0.6) is 0 Å². The number of benzene rings is 5. The molecule has 5 aromatic carbocycles. The molecule has 0 spiro atoms. The molecule has 0 saturated carbocycles. The van der Waals surface area contributed by atoms with Gasteiger partial charge in [0.1, 0.15) is 5.58 Å². The van der Waals surface area contributed by atoms with Crippen LogP contribution >= 0.6 is 0 Å². The second kappa shape index (κ2) is 14.4. The van der Waals surface area contributed by atoms with Crippen molar-refractivity contribution < 1.29 is 39.6 Å². The molecule has 1 radical (unpaired) electrons. The van der Waals surface area contributed by atoms with E-state index in [-0.39, 0.29) is 53.5 Å². The standard InChI is InChI=1S/C32H28NO.C16H18N.Ir/c1-19-10-14-25(27-16-23(17-32(3,4)5)20(2)18-33-27)30-28(19)26-15-13-22-12-11-21-8-6-7-9-24(21)29(22)31(26)34-30;1-12-5-7-13(8-6-12)15-10-9-14(11-17-15)16(2,3)4;/h6-13,15-16,18H,17H2,1-5H3;5-7,9-11H,1-4H3;/q2*-1;/i1D3,2D3,17D2;1D3;. The topological polar surface area (TPSA) is 38.9 Å². The zero-order chi connectivity index (χ0) is 45.4. The predicted octanol–water partition coefficient (Wildman–Crippen LogP) is 13.1. The molecule has 0 saturated heterocycles. The van der Waals surface area contributed by atoms with E-state index in [4.69, 9.17) is 19.5 Å². The Hall–Kier alpha value is -4.63. The van der Waals surface area contributed by atoms with Gasteiger partial charge in [-0.3, -0.25) is 0 Å². The zero-order valence-corrected chi connectivity index (χ0v) is 32.3. The SMILES string of the molecule is [2H]C([2H])([2H])c1c[c-]c(-c2ccc(C(C)(C)C)cn2)cc1.[2H]C([2H])([2H])c1cnc(-c2[c-]cc(C([2H])([2H])[2H])c3c2oc2c3ccc3ccc4ccccc4c32)cc1C([2H])([2H])C(C)(C)C.[Ir]. The van der Waals surface area contributed by atoms with Gasteiger partial charge in [0.2, 0.25) is 0 Å². The van der Waals surface area contributed by atoms with E-state index in [1.807, 2.05) is 66.9 Å². The van der Waals surface area contributed by atoms with Crippen molar-refractivity contribution in [2.24, 2.45) is 5.41 Å². The van der Waals surface area contributed by atoms with E-state index in [1.54, 1.807) is 32.9 Å². The van der Waals surface area contributed by atoms with Gasteiger partial charge in [0.05, 0.1) is 5.58 Å². The van der Waals surface area contributed by atoms with Crippen LogP contribution in [0, 0.1) is 38.1 Å². The van der Waals surface area contributed by atoms with Gasteiger partial charge < -0.3 is 14.4 Å². The first-order valence-electron chi connectivity index (χ1n) is 22.4. The van der Waals surface area contributed by atoms with Crippen molar-refractivity contribution in [3.63, 3.8) is 0 Å². The van der Waals surface area contributed by atoms with Crippen LogP contribution in [0.15, 0.2) is 108 Å². The largest absolute Gasteiger partial charge is 0.500 e. The van der Waals surface area contributed by atoms with Crippen LogP contribution in [0.25, 0.3) is 66.0 Å². The van der Waals surface area contributed by atoms with E-state index in [2.05, 4.69) is 42.9 Å². The van der Waals surface area contributed by atoms with Gasteiger partial charge in [-0.1, -0.05) is 138 Å². The molecule has 8 aromatic rings. The minimum atomic E-state index is -2.59. The number of hydrogen-bond donors (Lipinski definition) is 0. The molecule has 0 N–H and O–H groups in total. The third-order valence-corrected chi connectivity index (χ3v) is 8.81. The Morgan fingerprint density at radius 3 is 2.15 bits per heavy atom. The first kappa shape index (κ1) is 25.4. The molecular weight excluding hydrogens is 813 g/mol. The zero-order valence-electron chi connectivity index (χ0n) is 41.0. The van der Waals surface area contributed by atoms with Crippen LogP contribution in [0.4, 0.5) is 0 Å². The van der Waals surface area contributed by atoms with Gasteiger partial charge in [-0.15, -0.1) is 53.1 Å². The van der Waals surface area contributed by atoms with Gasteiger partial charge in [0.15, 0.2) is 0 Å². The molecular formula is C48H46IrN2O-2. The molecule has 3 aromatic heterocycles. The quantitative estimate of drug-likeness (QED) is 0.131. The minimum Gasteiger partial charge on any atom is -0.500 e. The van der Waals surface area contributed by atoms with E-state index in [1.165, 1.54) is 30.0 Å². The first-order chi connectivity index (χ1) is 28.7. The Kier molecular flexibility index (Phi) is 7.03. The Morgan fingerprint density at radius 2 is 1.46 bits per heavy atom. The maximum atomic E-state index is 8.91. The molecule has 0 bridgehead atoms. The smallest absolute Gasteiger partial charge is 0.129 e. The molecule has 0 aliphatic rings. The van der Waals surface area contributed by atoms with Crippen molar-refractivity contribution in [3.05, 3.63) is 143 Å². The molecule has 265 valence electrons.